The summed E-state index contributed by atoms with van der Waals surface area (Å²) < 4.78 is 28.9. The zero-order valence-electron chi connectivity index (χ0n) is 17.6. The van der Waals surface area contributed by atoms with Crippen molar-refractivity contribution >= 4 is 38.2 Å². The van der Waals surface area contributed by atoms with Crippen molar-refractivity contribution < 1.29 is 18.1 Å². The smallest absolute Gasteiger partial charge is 0.270 e. The van der Waals surface area contributed by atoms with Crippen molar-refractivity contribution in [3.8, 4) is 0 Å². The molecule has 1 aliphatic rings. The van der Waals surface area contributed by atoms with Gasteiger partial charge in [0.25, 0.3) is 5.69 Å². The zero-order chi connectivity index (χ0) is 22.9. The summed E-state index contributed by atoms with van der Waals surface area (Å²) in [5.74, 6) is 0.0503. The van der Waals surface area contributed by atoms with Gasteiger partial charge in [0.05, 0.1) is 9.82 Å². The Labute approximate surface area is 185 Å². The van der Waals surface area contributed by atoms with Gasteiger partial charge < -0.3 is 9.88 Å². The first-order chi connectivity index (χ1) is 15.2. The van der Waals surface area contributed by atoms with Crippen molar-refractivity contribution in [2.24, 2.45) is 5.92 Å². The van der Waals surface area contributed by atoms with Crippen LogP contribution in [-0.4, -0.2) is 41.2 Å². The molecule has 0 spiro atoms. The molecule has 1 atom stereocenters. The number of sulfonamides is 1. The lowest BCUT2D eigenvalue weighted by atomic mass is 10.0. The average molecular weight is 457 g/mol. The van der Waals surface area contributed by atoms with Crippen molar-refractivity contribution in [3.63, 3.8) is 0 Å². The number of aromatic nitrogens is 1. The molecule has 1 N–H and O–H groups in total. The van der Waals surface area contributed by atoms with E-state index >= 15 is 0 Å². The van der Waals surface area contributed by atoms with E-state index in [4.69, 9.17) is 0 Å². The number of nitrogens with one attached hydrogen (secondary N) is 1. The van der Waals surface area contributed by atoms with Gasteiger partial charge in [0.1, 0.15) is 6.54 Å². The lowest BCUT2D eigenvalue weighted by Crippen LogP contribution is -2.39. The van der Waals surface area contributed by atoms with Gasteiger partial charge in [-0.2, -0.15) is 4.31 Å². The van der Waals surface area contributed by atoms with E-state index in [2.05, 4.69) is 12.2 Å². The number of hydrogen-bond acceptors (Lipinski definition) is 5. The summed E-state index contributed by atoms with van der Waals surface area (Å²) >= 11 is 0. The number of hydrogen-bond donors (Lipinski definition) is 1. The molecule has 10 heteroatoms. The number of nitro groups is 1. The lowest BCUT2D eigenvalue weighted by Gasteiger charge is -2.30. The first-order valence-electron chi connectivity index (χ1n) is 10.4. The Hall–Kier alpha value is -3.24. The molecule has 1 amide bonds. The van der Waals surface area contributed by atoms with Crippen LogP contribution in [0.1, 0.15) is 19.8 Å². The SMILES string of the molecule is CC1CCCN(S(=O)(=O)c2ccc(NC(=O)Cn3ccc4cc([N+](=O)[O-])ccc43)cc2)C1. The van der Waals surface area contributed by atoms with E-state index in [-0.39, 0.29) is 23.0 Å². The van der Waals surface area contributed by atoms with E-state index in [1.807, 2.05) is 0 Å². The highest BCUT2D eigenvalue weighted by Crippen LogP contribution is 2.25. The van der Waals surface area contributed by atoms with Crippen molar-refractivity contribution in [2.45, 2.75) is 31.2 Å². The van der Waals surface area contributed by atoms with Crippen LogP contribution in [0.2, 0.25) is 0 Å². The predicted octanol–water partition coefficient (Wildman–Crippen LogP) is 3.61. The van der Waals surface area contributed by atoms with Crippen LogP contribution >= 0.6 is 0 Å². The minimum absolute atomic E-state index is 0.00578. The number of nitro benzene ring substituents is 1. The van der Waals surface area contributed by atoms with Crippen molar-refractivity contribution in [2.75, 3.05) is 18.4 Å². The number of nitrogens with zero attached hydrogens (tertiary/aromatic N) is 3. The fraction of sp³-hybridized carbons (Fsp3) is 0.318. The molecule has 1 aromatic heterocycles. The Balaban J connectivity index is 1.43. The third-order valence-electron chi connectivity index (χ3n) is 5.67. The van der Waals surface area contributed by atoms with E-state index < -0.39 is 14.9 Å². The maximum atomic E-state index is 12.9. The van der Waals surface area contributed by atoms with E-state index in [1.165, 1.54) is 28.6 Å². The summed E-state index contributed by atoms with van der Waals surface area (Å²) in [4.78, 5) is 23.2. The molecule has 32 heavy (non-hydrogen) atoms. The number of amides is 1. The number of anilines is 1. The average Bonchev–Trinajstić information content (AvgIpc) is 3.16. The molecule has 2 aromatic carbocycles. The second-order valence-electron chi connectivity index (χ2n) is 8.13. The van der Waals surface area contributed by atoms with Crippen LogP contribution in [0.4, 0.5) is 11.4 Å². The van der Waals surface area contributed by atoms with Gasteiger partial charge in [-0.25, -0.2) is 8.42 Å². The third kappa shape index (κ3) is 4.51. The molecule has 9 nitrogen and oxygen atoms in total. The Morgan fingerprint density at radius 3 is 2.62 bits per heavy atom. The molecular weight excluding hydrogens is 432 g/mol. The number of fused-ring (bicyclic) bond motifs is 1. The van der Waals surface area contributed by atoms with Gasteiger partial charge in [0.15, 0.2) is 0 Å². The normalized spacial score (nSPS) is 17.3. The monoisotopic (exact) mass is 456 g/mol. The Kier molecular flexibility index (Phi) is 5.98. The first kappa shape index (κ1) is 22.0. The van der Waals surface area contributed by atoms with Gasteiger partial charge in [0, 0.05) is 48.0 Å². The van der Waals surface area contributed by atoms with E-state index in [0.717, 1.165) is 12.8 Å². The molecule has 4 rings (SSSR count). The molecular formula is C22H24N4O5S. The molecule has 1 unspecified atom stereocenters. The Morgan fingerprint density at radius 1 is 1.19 bits per heavy atom. The van der Waals surface area contributed by atoms with Crippen molar-refractivity contribution in [3.05, 3.63) is 64.8 Å². The molecule has 3 aromatic rings. The van der Waals surface area contributed by atoms with Crippen LogP contribution in [0.5, 0.6) is 0 Å². The summed E-state index contributed by atoms with van der Waals surface area (Å²) in [6.07, 6.45) is 3.59. The highest BCUT2D eigenvalue weighted by molar-refractivity contribution is 7.89. The standard InChI is InChI=1S/C22H24N4O5S/c1-16-3-2-11-25(14-16)32(30,31)20-7-4-18(5-8-20)23-22(27)15-24-12-10-17-13-19(26(28)29)6-9-21(17)24/h4-10,12-13,16H,2-3,11,14-15H2,1H3,(H,23,27). The molecule has 1 aliphatic heterocycles. The summed E-state index contributed by atoms with van der Waals surface area (Å²) in [7, 11) is -3.55. The molecule has 0 bridgehead atoms. The second kappa shape index (κ2) is 8.71. The fourth-order valence-corrected chi connectivity index (χ4v) is 5.62. The van der Waals surface area contributed by atoms with Gasteiger partial charge in [-0.05, 0) is 55.2 Å². The number of carbonyl (C=O) groups excluding carboxylic acids is 1. The van der Waals surface area contributed by atoms with Gasteiger partial charge in [0.2, 0.25) is 15.9 Å². The van der Waals surface area contributed by atoms with Crippen LogP contribution in [0, 0.1) is 16.0 Å². The second-order valence-corrected chi connectivity index (χ2v) is 10.1. The van der Waals surface area contributed by atoms with Crippen molar-refractivity contribution in [1.29, 1.82) is 0 Å². The van der Waals surface area contributed by atoms with Gasteiger partial charge >= 0.3 is 0 Å². The number of benzene rings is 2. The number of carbonyl (C=O) groups is 1. The minimum Gasteiger partial charge on any atom is -0.338 e. The summed E-state index contributed by atoms with van der Waals surface area (Å²) in [6, 6.07) is 12.4. The van der Waals surface area contributed by atoms with Crippen LogP contribution in [0.3, 0.4) is 0 Å². The maximum Gasteiger partial charge on any atom is 0.270 e. The first-order valence-corrected chi connectivity index (χ1v) is 11.8. The fourth-order valence-electron chi connectivity index (χ4n) is 4.02. The van der Waals surface area contributed by atoms with Crippen LogP contribution in [0.15, 0.2) is 59.6 Å². The molecule has 0 aliphatic carbocycles. The summed E-state index contributed by atoms with van der Waals surface area (Å²) in [5, 5.41) is 14.4. The van der Waals surface area contributed by atoms with Gasteiger partial charge in [-0.3, -0.25) is 14.9 Å². The number of non-ortho nitro benzene ring substituents is 1. The van der Waals surface area contributed by atoms with Gasteiger partial charge in [-0.15, -0.1) is 0 Å². The van der Waals surface area contributed by atoms with Crippen LogP contribution in [0.25, 0.3) is 10.9 Å². The minimum atomic E-state index is -3.55. The molecule has 2 heterocycles. The van der Waals surface area contributed by atoms with Gasteiger partial charge in [-0.1, -0.05) is 6.92 Å². The molecule has 1 fully saturated rings. The highest BCUT2D eigenvalue weighted by Gasteiger charge is 2.28. The molecule has 0 radical (unpaired) electrons. The Bertz CT molecular complexity index is 1270. The summed E-state index contributed by atoms with van der Waals surface area (Å²) in [5.41, 5.74) is 1.20. The predicted molar refractivity (Wildman–Crippen MR) is 121 cm³/mol. The number of rotatable bonds is 6. The topological polar surface area (TPSA) is 115 Å². The van der Waals surface area contributed by atoms with Crippen molar-refractivity contribution in [1.82, 2.24) is 8.87 Å². The third-order valence-corrected chi connectivity index (χ3v) is 7.55. The van der Waals surface area contributed by atoms with Crippen LogP contribution in [-0.2, 0) is 21.4 Å². The van der Waals surface area contributed by atoms with E-state index in [1.54, 1.807) is 35.0 Å². The molecule has 0 saturated carbocycles. The Morgan fingerprint density at radius 2 is 1.94 bits per heavy atom. The molecule has 168 valence electrons. The molecule has 1 saturated heterocycles. The number of piperidine rings is 1. The largest absolute Gasteiger partial charge is 0.338 e. The lowest BCUT2D eigenvalue weighted by molar-refractivity contribution is -0.384. The summed E-state index contributed by atoms with van der Waals surface area (Å²) in [6.45, 7) is 3.12. The zero-order valence-corrected chi connectivity index (χ0v) is 18.4. The van der Waals surface area contributed by atoms with E-state index in [0.29, 0.717) is 35.6 Å². The maximum absolute atomic E-state index is 12.9. The quantitative estimate of drug-likeness (QED) is 0.449. The highest BCUT2D eigenvalue weighted by atomic mass is 32.2. The van der Waals surface area contributed by atoms with Crippen LogP contribution < -0.4 is 5.32 Å². The van der Waals surface area contributed by atoms with E-state index in [9.17, 15) is 23.3 Å².